The average molecular weight is 311 g/mol. The normalized spacial score (nSPS) is 13.3. The van der Waals surface area contributed by atoms with E-state index < -0.39 is 11.9 Å². The summed E-state index contributed by atoms with van der Waals surface area (Å²) in [6.45, 7) is 4.19. The molecule has 1 aromatic heterocycles. The third kappa shape index (κ3) is 3.26. The van der Waals surface area contributed by atoms with E-state index in [-0.39, 0.29) is 30.1 Å². The molecule has 0 unspecified atom stereocenters. The summed E-state index contributed by atoms with van der Waals surface area (Å²) in [5, 5.41) is 9.38. The van der Waals surface area contributed by atoms with Gasteiger partial charge in [0.05, 0.1) is 6.42 Å². The Balaban J connectivity index is 2.29. The van der Waals surface area contributed by atoms with Crippen LogP contribution in [0.25, 0.3) is 0 Å². The second-order valence-electron chi connectivity index (χ2n) is 5.00. The van der Waals surface area contributed by atoms with Gasteiger partial charge < -0.3 is 10.0 Å². The van der Waals surface area contributed by atoms with Crippen LogP contribution in [0.15, 0.2) is 16.1 Å². The molecule has 0 saturated heterocycles. The number of nitrogens with zero attached hydrogens (tertiary/aromatic N) is 3. The number of hydrogen-bond donors (Lipinski definition) is 1. The number of hydrogen-bond acceptors (Lipinski definition) is 5. The van der Waals surface area contributed by atoms with Crippen LogP contribution in [-0.2, 0) is 11.3 Å². The number of fused-ring (bicyclic) bond motifs is 1. The Labute approximate surface area is 126 Å². The number of aliphatic carboxylic acids is 1. The first kappa shape index (κ1) is 15.6. The van der Waals surface area contributed by atoms with Crippen LogP contribution in [0.3, 0.4) is 0 Å². The Morgan fingerprint density at radius 2 is 2.24 bits per heavy atom. The van der Waals surface area contributed by atoms with Gasteiger partial charge in [0.25, 0.3) is 11.5 Å². The lowest BCUT2D eigenvalue weighted by atomic mass is 10.2. The molecule has 1 aromatic rings. The predicted molar refractivity (Wildman–Crippen MR) is 77.6 cm³/mol. The van der Waals surface area contributed by atoms with Crippen molar-refractivity contribution in [3.63, 3.8) is 0 Å². The molecule has 2 heterocycles. The van der Waals surface area contributed by atoms with Crippen molar-refractivity contribution in [2.45, 2.75) is 38.0 Å². The van der Waals surface area contributed by atoms with E-state index in [1.807, 2.05) is 0 Å². The van der Waals surface area contributed by atoms with Crippen molar-refractivity contribution in [3.05, 3.63) is 22.1 Å². The Hall–Kier alpha value is -1.83. The maximum atomic E-state index is 12.5. The maximum absolute atomic E-state index is 12.5. The minimum Gasteiger partial charge on any atom is -0.481 e. The summed E-state index contributed by atoms with van der Waals surface area (Å²) in [6.07, 6.45) is 1.14. The van der Waals surface area contributed by atoms with Gasteiger partial charge in [0, 0.05) is 31.1 Å². The van der Waals surface area contributed by atoms with Crippen LogP contribution in [0.5, 0.6) is 0 Å². The van der Waals surface area contributed by atoms with Crippen LogP contribution >= 0.6 is 11.8 Å². The summed E-state index contributed by atoms with van der Waals surface area (Å²) >= 11 is 1.48. The minimum absolute atomic E-state index is 0.000314. The Kier molecular flexibility index (Phi) is 4.66. The molecule has 0 aliphatic carbocycles. The molecule has 1 N–H and O–H groups in total. The number of carboxylic acids is 1. The van der Waals surface area contributed by atoms with E-state index in [1.165, 1.54) is 27.4 Å². The highest BCUT2D eigenvalue weighted by Crippen LogP contribution is 2.20. The molecule has 0 radical (unpaired) electrons. The van der Waals surface area contributed by atoms with Crippen LogP contribution in [0.1, 0.15) is 30.6 Å². The third-order valence-electron chi connectivity index (χ3n) is 3.24. The van der Waals surface area contributed by atoms with Gasteiger partial charge in [-0.25, -0.2) is 4.98 Å². The van der Waals surface area contributed by atoms with Gasteiger partial charge in [0.2, 0.25) is 0 Å². The van der Waals surface area contributed by atoms with Crippen molar-refractivity contribution in [1.82, 2.24) is 14.5 Å². The molecule has 0 spiro atoms. The molecule has 114 valence electrons. The second-order valence-corrected chi connectivity index (χ2v) is 6.06. The molecule has 0 saturated carbocycles. The summed E-state index contributed by atoms with van der Waals surface area (Å²) in [7, 11) is 0. The van der Waals surface area contributed by atoms with E-state index in [4.69, 9.17) is 5.11 Å². The van der Waals surface area contributed by atoms with E-state index in [0.717, 1.165) is 5.75 Å². The fourth-order valence-corrected chi connectivity index (χ4v) is 3.04. The molecule has 1 aliphatic rings. The standard InChI is InChI=1S/C13H17N3O4S/c1-8(2)15(4-3-10(17)18)11(19)9-7-14-13-16(12(9)20)5-6-21-13/h7-8H,3-6H2,1-2H3,(H,17,18). The lowest BCUT2D eigenvalue weighted by Gasteiger charge is -2.26. The first-order chi connectivity index (χ1) is 9.91. The largest absolute Gasteiger partial charge is 0.481 e. The number of aromatic nitrogens is 2. The first-order valence-corrected chi connectivity index (χ1v) is 7.65. The maximum Gasteiger partial charge on any atom is 0.305 e. The highest BCUT2D eigenvalue weighted by Gasteiger charge is 2.25. The van der Waals surface area contributed by atoms with Gasteiger partial charge in [0.15, 0.2) is 5.16 Å². The summed E-state index contributed by atoms with van der Waals surface area (Å²) in [5.41, 5.74) is -0.351. The van der Waals surface area contributed by atoms with Crippen molar-refractivity contribution >= 4 is 23.6 Å². The highest BCUT2D eigenvalue weighted by molar-refractivity contribution is 7.99. The summed E-state index contributed by atoms with van der Waals surface area (Å²) in [5.74, 6) is -0.670. The lowest BCUT2D eigenvalue weighted by Crippen LogP contribution is -2.42. The number of thioether (sulfide) groups is 1. The molecule has 1 aliphatic heterocycles. The molecule has 1 amide bonds. The molecular weight excluding hydrogens is 294 g/mol. The van der Waals surface area contributed by atoms with Gasteiger partial charge in [-0.15, -0.1) is 0 Å². The van der Waals surface area contributed by atoms with Crippen molar-refractivity contribution < 1.29 is 14.7 Å². The first-order valence-electron chi connectivity index (χ1n) is 6.67. The van der Waals surface area contributed by atoms with Gasteiger partial charge in [0.1, 0.15) is 5.56 Å². The molecule has 0 bridgehead atoms. The van der Waals surface area contributed by atoms with E-state index in [1.54, 1.807) is 13.8 Å². The Morgan fingerprint density at radius 3 is 2.86 bits per heavy atom. The van der Waals surface area contributed by atoms with Crippen molar-refractivity contribution in [2.75, 3.05) is 12.3 Å². The van der Waals surface area contributed by atoms with Crippen LogP contribution < -0.4 is 5.56 Å². The predicted octanol–water partition coefficient (Wildman–Crippen LogP) is 0.674. The number of carbonyl (C=O) groups excluding carboxylic acids is 1. The van der Waals surface area contributed by atoms with Crippen LogP contribution in [0, 0.1) is 0 Å². The number of carboxylic acid groups (broad SMARTS) is 1. The molecule has 2 rings (SSSR count). The second kappa shape index (κ2) is 6.30. The lowest BCUT2D eigenvalue weighted by molar-refractivity contribution is -0.137. The number of carbonyl (C=O) groups is 2. The van der Waals surface area contributed by atoms with Crippen molar-refractivity contribution in [1.29, 1.82) is 0 Å². The monoisotopic (exact) mass is 311 g/mol. The van der Waals surface area contributed by atoms with Crippen LogP contribution in [0.2, 0.25) is 0 Å². The average Bonchev–Trinajstić information content (AvgIpc) is 2.87. The third-order valence-corrected chi connectivity index (χ3v) is 4.21. The van der Waals surface area contributed by atoms with Gasteiger partial charge >= 0.3 is 5.97 Å². The highest BCUT2D eigenvalue weighted by atomic mass is 32.2. The van der Waals surface area contributed by atoms with E-state index in [0.29, 0.717) is 11.7 Å². The fraction of sp³-hybridized carbons (Fsp3) is 0.538. The Morgan fingerprint density at radius 1 is 1.52 bits per heavy atom. The fourth-order valence-electron chi connectivity index (χ4n) is 2.13. The quantitative estimate of drug-likeness (QED) is 0.804. The van der Waals surface area contributed by atoms with Gasteiger partial charge in [-0.3, -0.25) is 19.0 Å². The zero-order valence-corrected chi connectivity index (χ0v) is 12.7. The van der Waals surface area contributed by atoms with Crippen LogP contribution in [0.4, 0.5) is 0 Å². The summed E-state index contributed by atoms with van der Waals surface area (Å²) in [6, 6.07) is -0.191. The molecular formula is C13H17N3O4S. The zero-order valence-electron chi connectivity index (χ0n) is 11.9. The smallest absolute Gasteiger partial charge is 0.305 e. The summed E-state index contributed by atoms with van der Waals surface area (Å²) in [4.78, 5) is 41.0. The molecule has 0 aromatic carbocycles. The van der Waals surface area contributed by atoms with Crippen molar-refractivity contribution in [3.8, 4) is 0 Å². The molecule has 21 heavy (non-hydrogen) atoms. The zero-order chi connectivity index (χ0) is 15.6. The van der Waals surface area contributed by atoms with E-state index in [2.05, 4.69) is 4.98 Å². The number of rotatable bonds is 5. The minimum atomic E-state index is -0.978. The Bertz CT molecular complexity index is 626. The molecule has 8 heteroatoms. The summed E-state index contributed by atoms with van der Waals surface area (Å²) < 4.78 is 1.49. The number of amides is 1. The molecule has 7 nitrogen and oxygen atoms in total. The molecule has 0 fully saturated rings. The van der Waals surface area contributed by atoms with Gasteiger partial charge in [-0.2, -0.15) is 0 Å². The van der Waals surface area contributed by atoms with Gasteiger partial charge in [-0.1, -0.05) is 11.8 Å². The SMILES string of the molecule is CC(C)N(CCC(=O)O)C(=O)c1cnc2n(c1=O)CCS2. The van der Waals surface area contributed by atoms with Crippen molar-refractivity contribution in [2.24, 2.45) is 0 Å². The molecule has 0 atom stereocenters. The van der Waals surface area contributed by atoms with E-state index >= 15 is 0 Å². The van der Waals surface area contributed by atoms with E-state index in [9.17, 15) is 14.4 Å². The van der Waals surface area contributed by atoms with Crippen LogP contribution in [-0.4, -0.2) is 49.8 Å². The topological polar surface area (TPSA) is 92.5 Å². The van der Waals surface area contributed by atoms with Gasteiger partial charge in [-0.05, 0) is 13.8 Å².